The van der Waals surface area contributed by atoms with Gasteiger partial charge in [-0.15, -0.1) is 0 Å². The molecule has 0 N–H and O–H groups in total. The summed E-state index contributed by atoms with van der Waals surface area (Å²) < 4.78 is 36.7. The Hall–Kier alpha value is -0.700. The molecule has 0 nitrogen and oxygen atoms in total. The lowest BCUT2D eigenvalue weighted by molar-refractivity contribution is -0.148. The first-order valence-electron chi connectivity index (χ1n) is 4.30. The molecular formula is C10H8ClF3. The number of hydrogen-bond acceptors (Lipinski definition) is 0. The Morgan fingerprint density at radius 1 is 1.29 bits per heavy atom. The van der Waals surface area contributed by atoms with Crippen LogP contribution in [-0.2, 0) is 0 Å². The summed E-state index contributed by atoms with van der Waals surface area (Å²) in [5, 5.41) is 0.496. The highest BCUT2D eigenvalue weighted by Crippen LogP contribution is 2.56. The van der Waals surface area contributed by atoms with Crippen LogP contribution in [-0.4, -0.2) is 6.18 Å². The molecule has 0 spiro atoms. The van der Waals surface area contributed by atoms with Gasteiger partial charge in [-0.1, -0.05) is 23.7 Å². The summed E-state index contributed by atoms with van der Waals surface area (Å²) in [7, 11) is 0. The van der Waals surface area contributed by atoms with Gasteiger partial charge in [-0.2, -0.15) is 13.2 Å². The van der Waals surface area contributed by atoms with Gasteiger partial charge < -0.3 is 0 Å². The van der Waals surface area contributed by atoms with Gasteiger partial charge in [-0.3, -0.25) is 0 Å². The van der Waals surface area contributed by atoms with Gasteiger partial charge in [0, 0.05) is 5.02 Å². The maximum Gasteiger partial charge on any atom is 0.392 e. The van der Waals surface area contributed by atoms with Gasteiger partial charge in [0.1, 0.15) is 0 Å². The first kappa shape index (κ1) is 9.84. The summed E-state index contributed by atoms with van der Waals surface area (Å²) in [6.07, 6.45) is -3.86. The Labute approximate surface area is 84.7 Å². The third kappa shape index (κ3) is 1.87. The molecule has 1 fully saturated rings. The van der Waals surface area contributed by atoms with E-state index in [-0.39, 0.29) is 12.3 Å². The Morgan fingerprint density at radius 3 is 2.50 bits per heavy atom. The SMILES string of the molecule is FC(F)(F)[C@H]1C[C@@H]1c1cccc(Cl)c1. The monoisotopic (exact) mass is 220 g/mol. The summed E-state index contributed by atoms with van der Waals surface area (Å²) in [6.45, 7) is 0. The van der Waals surface area contributed by atoms with Crippen LogP contribution in [0.15, 0.2) is 24.3 Å². The van der Waals surface area contributed by atoms with Gasteiger partial charge in [0.05, 0.1) is 5.92 Å². The van der Waals surface area contributed by atoms with E-state index in [0.717, 1.165) is 0 Å². The highest BCUT2D eigenvalue weighted by atomic mass is 35.5. The quantitative estimate of drug-likeness (QED) is 0.671. The van der Waals surface area contributed by atoms with E-state index in [1.165, 1.54) is 0 Å². The van der Waals surface area contributed by atoms with E-state index in [2.05, 4.69) is 0 Å². The molecule has 0 aromatic heterocycles. The topological polar surface area (TPSA) is 0 Å². The molecule has 1 aromatic rings. The summed E-state index contributed by atoms with van der Waals surface area (Å²) >= 11 is 5.70. The summed E-state index contributed by atoms with van der Waals surface area (Å²) in [4.78, 5) is 0. The van der Waals surface area contributed by atoms with Crippen LogP contribution < -0.4 is 0 Å². The highest BCUT2D eigenvalue weighted by Gasteiger charge is 2.56. The van der Waals surface area contributed by atoms with E-state index in [0.29, 0.717) is 10.6 Å². The Balaban J connectivity index is 2.14. The molecule has 0 bridgehead atoms. The van der Waals surface area contributed by atoms with Crippen molar-refractivity contribution in [3.63, 3.8) is 0 Å². The van der Waals surface area contributed by atoms with Gasteiger partial charge in [0.2, 0.25) is 0 Å². The van der Waals surface area contributed by atoms with Crippen LogP contribution in [0.2, 0.25) is 5.02 Å². The molecule has 14 heavy (non-hydrogen) atoms. The van der Waals surface area contributed by atoms with Gasteiger partial charge in [-0.25, -0.2) is 0 Å². The lowest BCUT2D eigenvalue weighted by Crippen LogP contribution is -2.11. The molecular weight excluding hydrogens is 213 g/mol. The molecule has 4 heteroatoms. The molecule has 1 aromatic carbocycles. The number of halogens is 4. The van der Waals surface area contributed by atoms with Crippen LogP contribution in [0.3, 0.4) is 0 Å². The van der Waals surface area contributed by atoms with Crippen molar-refractivity contribution in [1.82, 2.24) is 0 Å². The van der Waals surface area contributed by atoms with Crippen molar-refractivity contribution < 1.29 is 13.2 Å². The van der Waals surface area contributed by atoms with Crippen molar-refractivity contribution in [2.45, 2.75) is 18.5 Å². The first-order valence-corrected chi connectivity index (χ1v) is 4.68. The molecule has 1 aliphatic carbocycles. The van der Waals surface area contributed by atoms with Crippen molar-refractivity contribution in [2.24, 2.45) is 5.92 Å². The predicted octanol–water partition coefficient (Wildman–Crippen LogP) is 4.01. The fraction of sp³-hybridized carbons (Fsp3) is 0.400. The molecule has 2 atom stereocenters. The zero-order valence-corrected chi connectivity index (χ0v) is 7.94. The van der Waals surface area contributed by atoms with Crippen molar-refractivity contribution in [3.8, 4) is 0 Å². The maximum absolute atomic E-state index is 12.2. The Morgan fingerprint density at radius 2 is 2.00 bits per heavy atom. The van der Waals surface area contributed by atoms with E-state index >= 15 is 0 Å². The minimum atomic E-state index is -4.06. The molecule has 0 unspecified atom stereocenters. The van der Waals surface area contributed by atoms with Crippen LogP contribution in [0.5, 0.6) is 0 Å². The van der Waals surface area contributed by atoms with Crippen LogP contribution in [0.25, 0.3) is 0 Å². The van der Waals surface area contributed by atoms with Gasteiger partial charge in [-0.05, 0) is 30.0 Å². The Bertz CT molecular complexity index is 345. The van der Waals surface area contributed by atoms with E-state index < -0.39 is 12.1 Å². The van der Waals surface area contributed by atoms with Crippen molar-refractivity contribution in [1.29, 1.82) is 0 Å². The number of benzene rings is 1. The normalized spacial score (nSPS) is 26.3. The average Bonchev–Trinajstić information content (AvgIpc) is 2.81. The fourth-order valence-electron chi connectivity index (χ4n) is 1.66. The summed E-state index contributed by atoms with van der Waals surface area (Å²) in [6, 6.07) is 6.65. The number of rotatable bonds is 1. The first-order chi connectivity index (χ1) is 6.48. The smallest absolute Gasteiger partial charge is 0.171 e. The van der Waals surface area contributed by atoms with Crippen LogP contribution in [0, 0.1) is 5.92 Å². The van der Waals surface area contributed by atoms with E-state index in [1.807, 2.05) is 0 Å². The third-order valence-electron chi connectivity index (χ3n) is 2.49. The van der Waals surface area contributed by atoms with E-state index in [9.17, 15) is 13.2 Å². The maximum atomic E-state index is 12.2. The predicted molar refractivity (Wildman–Crippen MR) is 48.4 cm³/mol. The number of hydrogen-bond donors (Lipinski definition) is 0. The van der Waals surface area contributed by atoms with Crippen LogP contribution >= 0.6 is 11.6 Å². The zero-order chi connectivity index (χ0) is 10.3. The molecule has 76 valence electrons. The lowest BCUT2D eigenvalue weighted by Gasteiger charge is -2.05. The molecule has 0 radical (unpaired) electrons. The minimum absolute atomic E-state index is 0.198. The molecule has 0 amide bonds. The third-order valence-corrected chi connectivity index (χ3v) is 2.72. The minimum Gasteiger partial charge on any atom is -0.171 e. The summed E-state index contributed by atoms with van der Waals surface area (Å²) in [5.41, 5.74) is 0.694. The zero-order valence-electron chi connectivity index (χ0n) is 7.18. The van der Waals surface area contributed by atoms with Gasteiger partial charge in [0.25, 0.3) is 0 Å². The lowest BCUT2D eigenvalue weighted by atomic mass is 10.1. The van der Waals surface area contributed by atoms with E-state index in [4.69, 9.17) is 11.6 Å². The summed E-state index contributed by atoms with van der Waals surface area (Å²) in [5.74, 6) is -1.55. The molecule has 0 aliphatic heterocycles. The molecule has 0 saturated heterocycles. The van der Waals surface area contributed by atoms with Crippen LogP contribution in [0.1, 0.15) is 17.9 Å². The van der Waals surface area contributed by atoms with Gasteiger partial charge >= 0.3 is 6.18 Å². The molecule has 1 aliphatic rings. The van der Waals surface area contributed by atoms with Crippen molar-refractivity contribution >= 4 is 11.6 Å². The standard InChI is InChI=1S/C10H8ClF3/c11-7-3-1-2-6(4-7)8-5-9(8)10(12,13)14/h1-4,8-9H,5H2/t8-,9+/m1/s1. The van der Waals surface area contributed by atoms with Crippen LogP contribution in [0.4, 0.5) is 13.2 Å². The largest absolute Gasteiger partial charge is 0.392 e. The number of alkyl halides is 3. The Kier molecular flexibility index (Phi) is 2.22. The second-order valence-electron chi connectivity index (χ2n) is 3.55. The van der Waals surface area contributed by atoms with Gasteiger partial charge in [0.15, 0.2) is 0 Å². The average molecular weight is 221 g/mol. The van der Waals surface area contributed by atoms with Crippen molar-refractivity contribution in [3.05, 3.63) is 34.9 Å². The van der Waals surface area contributed by atoms with Crippen molar-refractivity contribution in [2.75, 3.05) is 0 Å². The molecule has 1 saturated carbocycles. The molecule has 0 heterocycles. The fourth-order valence-corrected chi connectivity index (χ4v) is 1.86. The second kappa shape index (κ2) is 3.16. The van der Waals surface area contributed by atoms with E-state index in [1.54, 1.807) is 24.3 Å². The highest BCUT2D eigenvalue weighted by molar-refractivity contribution is 6.30. The molecule has 2 rings (SSSR count). The second-order valence-corrected chi connectivity index (χ2v) is 3.98.